The SMILES string of the molecule is COC[C@H](NC(=O)COc1ccccc1OCC(F)(F)F)[C@H]1CCCO1. The monoisotopic (exact) mass is 377 g/mol. The highest BCUT2D eigenvalue weighted by molar-refractivity contribution is 5.78. The number of alkyl halides is 3. The number of amides is 1. The van der Waals surface area contributed by atoms with Crippen LogP contribution < -0.4 is 14.8 Å². The molecule has 1 fully saturated rings. The molecule has 0 aromatic heterocycles. The minimum absolute atomic E-state index is 0.0623. The number of rotatable bonds is 9. The Bertz CT molecular complexity index is 576. The van der Waals surface area contributed by atoms with E-state index in [1.807, 2.05) is 0 Å². The van der Waals surface area contributed by atoms with Crippen molar-refractivity contribution in [2.45, 2.75) is 31.2 Å². The van der Waals surface area contributed by atoms with Gasteiger partial charge in [-0.2, -0.15) is 13.2 Å². The molecule has 1 amide bonds. The summed E-state index contributed by atoms with van der Waals surface area (Å²) in [5.74, 6) is -0.439. The lowest BCUT2D eigenvalue weighted by Gasteiger charge is -2.23. The fraction of sp³-hybridized carbons (Fsp3) is 0.588. The summed E-state index contributed by atoms with van der Waals surface area (Å²) in [4.78, 5) is 12.1. The van der Waals surface area contributed by atoms with Crippen molar-refractivity contribution < 1.29 is 36.9 Å². The van der Waals surface area contributed by atoms with E-state index in [0.29, 0.717) is 13.2 Å². The molecular formula is C17H22F3NO5. The molecule has 0 bridgehead atoms. The number of para-hydroxylation sites is 2. The predicted octanol–water partition coefficient (Wildman–Crippen LogP) is 2.32. The van der Waals surface area contributed by atoms with Crippen LogP contribution in [0.15, 0.2) is 24.3 Å². The number of methoxy groups -OCH3 is 1. The zero-order valence-corrected chi connectivity index (χ0v) is 14.4. The standard InChI is InChI=1S/C17H22F3NO5/c1-23-9-12(13-7-4-8-24-13)21-16(22)10-25-14-5-2-3-6-15(14)26-11-17(18,19)20/h2-3,5-6,12-13H,4,7-11H2,1H3,(H,21,22)/t12-,13+/m0/s1. The molecule has 1 N–H and O–H groups in total. The quantitative estimate of drug-likeness (QED) is 0.716. The highest BCUT2D eigenvalue weighted by Gasteiger charge is 2.29. The summed E-state index contributed by atoms with van der Waals surface area (Å²) in [7, 11) is 1.53. The first-order chi connectivity index (χ1) is 12.4. The van der Waals surface area contributed by atoms with Crippen molar-refractivity contribution in [2.24, 2.45) is 0 Å². The number of nitrogens with one attached hydrogen (secondary N) is 1. The third kappa shape index (κ3) is 6.72. The van der Waals surface area contributed by atoms with Crippen LogP contribution in [-0.2, 0) is 14.3 Å². The van der Waals surface area contributed by atoms with Crippen molar-refractivity contribution in [2.75, 3.05) is 33.5 Å². The molecule has 0 saturated carbocycles. The summed E-state index contributed by atoms with van der Waals surface area (Å²) in [5.41, 5.74) is 0. The van der Waals surface area contributed by atoms with Crippen molar-refractivity contribution in [3.63, 3.8) is 0 Å². The van der Waals surface area contributed by atoms with Gasteiger partial charge in [-0.15, -0.1) is 0 Å². The van der Waals surface area contributed by atoms with E-state index in [4.69, 9.17) is 18.9 Å². The molecule has 1 aromatic rings. The molecule has 6 nitrogen and oxygen atoms in total. The molecule has 0 spiro atoms. The Morgan fingerprint density at radius 3 is 2.58 bits per heavy atom. The highest BCUT2D eigenvalue weighted by atomic mass is 19.4. The van der Waals surface area contributed by atoms with Gasteiger partial charge in [-0.05, 0) is 25.0 Å². The van der Waals surface area contributed by atoms with Crippen LogP contribution in [0.5, 0.6) is 11.5 Å². The molecule has 2 rings (SSSR count). The van der Waals surface area contributed by atoms with E-state index in [1.54, 1.807) is 6.07 Å². The molecule has 0 unspecified atom stereocenters. The largest absolute Gasteiger partial charge is 0.480 e. The Morgan fingerprint density at radius 1 is 1.31 bits per heavy atom. The van der Waals surface area contributed by atoms with E-state index in [9.17, 15) is 18.0 Å². The van der Waals surface area contributed by atoms with Gasteiger partial charge in [-0.1, -0.05) is 12.1 Å². The van der Waals surface area contributed by atoms with Gasteiger partial charge in [-0.3, -0.25) is 4.79 Å². The zero-order chi connectivity index (χ0) is 19.0. The Hall–Kier alpha value is -2.00. The van der Waals surface area contributed by atoms with E-state index < -0.39 is 18.7 Å². The van der Waals surface area contributed by atoms with Gasteiger partial charge in [-0.25, -0.2) is 0 Å². The second-order valence-corrected chi connectivity index (χ2v) is 5.82. The summed E-state index contributed by atoms with van der Waals surface area (Å²) in [6.07, 6.45) is -2.84. The Balaban J connectivity index is 1.88. The lowest BCUT2D eigenvalue weighted by Crippen LogP contribution is -2.47. The van der Waals surface area contributed by atoms with Crippen LogP contribution in [0.1, 0.15) is 12.8 Å². The van der Waals surface area contributed by atoms with E-state index in [0.717, 1.165) is 12.8 Å². The highest BCUT2D eigenvalue weighted by Crippen LogP contribution is 2.28. The summed E-state index contributed by atoms with van der Waals surface area (Å²) in [6, 6.07) is 5.57. The van der Waals surface area contributed by atoms with Gasteiger partial charge in [0.2, 0.25) is 0 Å². The van der Waals surface area contributed by atoms with Crippen molar-refractivity contribution in [1.82, 2.24) is 5.32 Å². The zero-order valence-electron chi connectivity index (χ0n) is 14.4. The van der Waals surface area contributed by atoms with E-state index in [2.05, 4.69) is 5.32 Å². The molecule has 1 heterocycles. The van der Waals surface area contributed by atoms with Gasteiger partial charge in [0.05, 0.1) is 18.8 Å². The maximum Gasteiger partial charge on any atom is 0.422 e. The molecule has 1 aliphatic heterocycles. The molecule has 1 aliphatic rings. The van der Waals surface area contributed by atoms with Crippen LogP contribution in [0, 0.1) is 0 Å². The Labute approximate surface area is 149 Å². The lowest BCUT2D eigenvalue weighted by molar-refractivity contribution is -0.153. The normalized spacial score (nSPS) is 18.4. The molecule has 0 aliphatic carbocycles. The summed E-state index contributed by atoms with van der Waals surface area (Å²) in [6.45, 7) is -0.864. The number of ether oxygens (including phenoxy) is 4. The summed E-state index contributed by atoms with van der Waals surface area (Å²) < 4.78 is 57.6. The Kier molecular flexibility index (Phi) is 7.52. The molecule has 1 aromatic carbocycles. The van der Waals surface area contributed by atoms with Gasteiger partial charge in [0.1, 0.15) is 0 Å². The van der Waals surface area contributed by atoms with Crippen molar-refractivity contribution in [1.29, 1.82) is 0 Å². The van der Waals surface area contributed by atoms with Crippen molar-refractivity contribution in [3.8, 4) is 11.5 Å². The number of benzene rings is 1. The summed E-state index contributed by atoms with van der Waals surface area (Å²) >= 11 is 0. The van der Waals surface area contributed by atoms with Gasteiger partial charge in [0.15, 0.2) is 24.7 Å². The number of hydrogen-bond donors (Lipinski definition) is 1. The minimum atomic E-state index is -4.46. The van der Waals surface area contributed by atoms with Gasteiger partial charge in [0, 0.05) is 13.7 Å². The molecular weight excluding hydrogens is 355 g/mol. The van der Waals surface area contributed by atoms with Crippen LogP contribution in [0.2, 0.25) is 0 Å². The van der Waals surface area contributed by atoms with Crippen LogP contribution in [0.3, 0.4) is 0 Å². The maximum absolute atomic E-state index is 12.3. The minimum Gasteiger partial charge on any atom is -0.480 e. The third-order valence-corrected chi connectivity index (χ3v) is 3.71. The van der Waals surface area contributed by atoms with E-state index in [1.165, 1.54) is 25.3 Å². The lowest BCUT2D eigenvalue weighted by atomic mass is 10.1. The summed E-state index contributed by atoms with van der Waals surface area (Å²) in [5, 5.41) is 2.77. The number of carbonyl (C=O) groups excluding carboxylic acids is 1. The van der Waals surface area contributed by atoms with E-state index in [-0.39, 0.29) is 30.3 Å². The van der Waals surface area contributed by atoms with Crippen LogP contribution in [0.4, 0.5) is 13.2 Å². The smallest absolute Gasteiger partial charge is 0.422 e. The molecule has 1 saturated heterocycles. The van der Waals surface area contributed by atoms with Crippen molar-refractivity contribution >= 4 is 5.91 Å². The van der Waals surface area contributed by atoms with Crippen LogP contribution in [0.25, 0.3) is 0 Å². The van der Waals surface area contributed by atoms with Gasteiger partial charge >= 0.3 is 6.18 Å². The number of hydrogen-bond acceptors (Lipinski definition) is 5. The second kappa shape index (κ2) is 9.63. The molecule has 0 radical (unpaired) electrons. The average Bonchev–Trinajstić information content (AvgIpc) is 3.12. The fourth-order valence-electron chi connectivity index (χ4n) is 2.58. The second-order valence-electron chi connectivity index (χ2n) is 5.82. The average molecular weight is 377 g/mol. The topological polar surface area (TPSA) is 66.0 Å². The molecule has 26 heavy (non-hydrogen) atoms. The first kappa shape index (κ1) is 20.3. The van der Waals surface area contributed by atoms with Crippen molar-refractivity contribution in [3.05, 3.63) is 24.3 Å². The van der Waals surface area contributed by atoms with Crippen LogP contribution >= 0.6 is 0 Å². The van der Waals surface area contributed by atoms with Crippen LogP contribution in [-0.4, -0.2) is 57.8 Å². The van der Waals surface area contributed by atoms with Gasteiger partial charge < -0.3 is 24.3 Å². The number of halogens is 3. The maximum atomic E-state index is 12.3. The van der Waals surface area contributed by atoms with E-state index >= 15 is 0 Å². The first-order valence-corrected chi connectivity index (χ1v) is 8.20. The third-order valence-electron chi connectivity index (χ3n) is 3.71. The number of carbonyl (C=O) groups is 1. The molecule has 146 valence electrons. The molecule has 9 heteroatoms. The predicted molar refractivity (Wildman–Crippen MR) is 86.3 cm³/mol. The Morgan fingerprint density at radius 2 is 2.00 bits per heavy atom. The van der Waals surface area contributed by atoms with Gasteiger partial charge in [0.25, 0.3) is 5.91 Å². The molecule has 2 atom stereocenters. The fourth-order valence-corrected chi connectivity index (χ4v) is 2.58. The first-order valence-electron chi connectivity index (χ1n) is 8.20.